The lowest BCUT2D eigenvalue weighted by atomic mass is 10.8. The molecule has 0 aromatic rings. The van der Waals surface area contributed by atoms with Crippen LogP contribution in [0.1, 0.15) is 0 Å². The molecule has 0 unspecified atom stereocenters. The fourth-order valence-electron chi connectivity index (χ4n) is 0.146. The first-order chi connectivity index (χ1) is 3.42. The summed E-state index contributed by atoms with van der Waals surface area (Å²) in [5, 5.41) is 0. The molecule has 0 aliphatic heterocycles. The Morgan fingerprint density at radius 3 is 1.62 bits per heavy atom. The van der Waals surface area contributed by atoms with Gasteiger partial charge in [0.2, 0.25) is 0 Å². The van der Waals surface area contributed by atoms with Crippen LogP contribution in [-0.4, -0.2) is 20.3 Å². The third-order valence-corrected chi connectivity index (χ3v) is 0.925. The van der Waals surface area contributed by atoms with Gasteiger partial charge in [0.15, 0.2) is 0 Å². The summed E-state index contributed by atoms with van der Waals surface area (Å²) >= 11 is 0. The molecule has 0 amide bonds. The number of halogens is 3. The lowest BCUT2D eigenvalue weighted by molar-refractivity contribution is -0.105. The van der Waals surface area contributed by atoms with E-state index in [1.165, 1.54) is 0 Å². The molecule has 2 nitrogen and oxygen atoms in total. The number of hydrogen-bond donors (Lipinski definition) is 1. The largest absolute Gasteiger partial charge is 0.402 e. The Balaban J connectivity index is 3.73. The lowest BCUT2D eigenvalue weighted by Crippen LogP contribution is -2.14. The van der Waals surface area contributed by atoms with Gasteiger partial charge < -0.3 is 0 Å². The van der Waals surface area contributed by atoms with Crippen LogP contribution in [0.15, 0.2) is 0 Å². The summed E-state index contributed by atoms with van der Waals surface area (Å²) in [6, 6.07) is 0. The van der Waals surface area contributed by atoms with Crippen molar-refractivity contribution in [2.45, 2.75) is 6.18 Å². The molecule has 0 fully saturated rings. The minimum atomic E-state index is -4.57. The van der Waals surface area contributed by atoms with Crippen molar-refractivity contribution in [3.63, 3.8) is 0 Å². The number of rotatable bonds is 1. The van der Waals surface area contributed by atoms with Crippen LogP contribution in [0.5, 0.6) is 0 Å². The first-order valence-corrected chi connectivity index (χ1v) is 2.96. The fraction of sp³-hybridized carbons (Fsp3) is 1.00. The summed E-state index contributed by atoms with van der Waals surface area (Å²) in [4.78, 5) is 0. The molecule has 0 aliphatic rings. The quantitative estimate of drug-likeness (QED) is 0.537. The zero-order chi connectivity index (χ0) is 6.78. The molecule has 0 saturated heterocycles. The highest BCUT2D eigenvalue weighted by atomic mass is 32.2. The van der Waals surface area contributed by atoms with Crippen molar-refractivity contribution in [2.24, 2.45) is 0 Å². The van der Waals surface area contributed by atoms with E-state index in [9.17, 15) is 21.6 Å². The molecule has 6 heteroatoms. The third kappa shape index (κ3) is 5.74. The maximum atomic E-state index is 10.9. The highest BCUT2D eigenvalue weighted by Crippen LogP contribution is 2.13. The Morgan fingerprint density at radius 1 is 1.25 bits per heavy atom. The van der Waals surface area contributed by atoms with E-state index in [4.69, 9.17) is 0 Å². The Morgan fingerprint density at radius 2 is 1.62 bits per heavy atom. The molecule has 8 heavy (non-hydrogen) atoms. The van der Waals surface area contributed by atoms with Crippen LogP contribution in [0.4, 0.5) is 13.2 Å². The molecule has 0 rings (SSSR count). The van der Waals surface area contributed by atoms with Crippen LogP contribution in [0, 0.1) is 0 Å². The summed E-state index contributed by atoms with van der Waals surface area (Å²) in [7, 11) is -3.31. The summed E-state index contributed by atoms with van der Waals surface area (Å²) in [6.07, 6.45) is -4.57. The van der Waals surface area contributed by atoms with E-state index in [1.807, 2.05) is 0 Å². The van der Waals surface area contributed by atoms with Gasteiger partial charge in [0.25, 0.3) is 0 Å². The predicted molar refractivity (Wildman–Crippen MR) is 21.2 cm³/mol. The Labute approximate surface area is 45.3 Å². The highest BCUT2D eigenvalue weighted by Gasteiger charge is 2.28. The first-order valence-electron chi connectivity index (χ1n) is 1.60. The van der Waals surface area contributed by atoms with Crippen LogP contribution >= 0.6 is 0 Å². The van der Waals surface area contributed by atoms with E-state index >= 15 is 0 Å². The number of alkyl halides is 3. The lowest BCUT2D eigenvalue weighted by Gasteiger charge is -1.96. The van der Waals surface area contributed by atoms with Gasteiger partial charge in [-0.15, -0.1) is 0 Å². The monoisotopic (exact) mass is 148 g/mol. The number of hydrogen-bond acceptors (Lipinski definition) is 2. The minimum Gasteiger partial charge on any atom is -0.232 e. The van der Waals surface area contributed by atoms with Gasteiger partial charge in [0.1, 0.15) is 16.5 Å². The second-order valence-corrected chi connectivity index (χ2v) is 2.09. The van der Waals surface area contributed by atoms with Crippen molar-refractivity contribution >= 4 is 10.7 Å². The van der Waals surface area contributed by atoms with Gasteiger partial charge in [0.05, 0.1) is 0 Å². The predicted octanol–water partition coefficient (Wildman–Crippen LogP) is 0.160. The maximum Gasteiger partial charge on any atom is 0.402 e. The average molecular weight is 148 g/mol. The van der Waals surface area contributed by atoms with Crippen LogP contribution in [-0.2, 0) is 10.7 Å². The first kappa shape index (κ1) is 7.74. The zero-order valence-electron chi connectivity index (χ0n) is 3.60. The van der Waals surface area contributed by atoms with Gasteiger partial charge in [-0.05, 0) is 0 Å². The Kier molecular flexibility index (Phi) is 2.26. The van der Waals surface area contributed by atoms with Gasteiger partial charge in [0, 0.05) is 0 Å². The SMILES string of the molecule is O=[SH](=O)CC(F)(F)F. The van der Waals surface area contributed by atoms with Gasteiger partial charge in [-0.25, -0.2) is 8.42 Å². The van der Waals surface area contributed by atoms with Crippen LogP contribution in [0.25, 0.3) is 0 Å². The van der Waals surface area contributed by atoms with Crippen molar-refractivity contribution in [1.29, 1.82) is 0 Å². The summed E-state index contributed by atoms with van der Waals surface area (Å²) in [5.41, 5.74) is 0. The highest BCUT2D eigenvalue weighted by molar-refractivity contribution is 7.72. The van der Waals surface area contributed by atoms with Gasteiger partial charge >= 0.3 is 6.18 Å². The minimum absolute atomic E-state index is 1.72. The Bertz CT molecular complexity index is 127. The molecular formula is C2H3F3O2S. The molecule has 0 aromatic heterocycles. The van der Waals surface area contributed by atoms with Crippen molar-refractivity contribution in [2.75, 3.05) is 5.75 Å². The summed E-state index contributed by atoms with van der Waals surface area (Å²) in [6.45, 7) is 0. The van der Waals surface area contributed by atoms with E-state index in [0.29, 0.717) is 0 Å². The van der Waals surface area contributed by atoms with Crippen LogP contribution in [0.2, 0.25) is 0 Å². The third-order valence-electron chi connectivity index (χ3n) is 0.308. The van der Waals surface area contributed by atoms with Gasteiger partial charge in [-0.2, -0.15) is 13.2 Å². The zero-order valence-corrected chi connectivity index (χ0v) is 4.50. The second-order valence-electron chi connectivity index (χ2n) is 1.11. The fourth-order valence-corrected chi connectivity index (χ4v) is 0.439. The summed E-state index contributed by atoms with van der Waals surface area (Å²) in [5.74, 6) is -1.72. The second kappa shape index (κ2) is 2.34. The Hall–Kier alpha value is -0.260. The van der Waals surface area contributed by atoms with E-state index in [0.717, 1.165) is 0 Å². The molecule has 0 N–H and O–H groups in total. The van der Waals surface area contributed by atoms with E-state index in [-0.39, 0.29) is 0 Å². The topological polar surface area (TPSA) is 34.1 Å². The standard InChI is InChI=1S/C2H3F3O2S/c3-2(4,5)1-8(6)7/h8H,1H2. The number of thiol groups is 1. The molecule has 0 aromatic carbocycles. The molecule has 0 aliphatic carbocycles. The summed E-state index contributed by atoms with van der Waals surface area (Å²) < 4.78 is 51.4. The van der Waals surface area contributed by atoms with Crippen LogP contribution < -0.4 is 0 Å². The van der Waals surface area contributed by atoms with Crippen molar-refractivity contribution in [1.82, 2.24) is 0 Å². The van der Waals surface area contributed by atoms with Gasteiger partial charge in [-0.3, -0.25) is 0 Å². The van der Waals surface area contributed by atoms with Crippen molar-refractivity contribution in [3.8, 4) is 0 Å². The van der Waals surface area contributed by atoms with E-state index < -0.39 is 22.6 Å². The average Bonchev–Trinajstić information content (AvgIpc) is 1.21. The van der Waals surface area contributed by atoms with Crippen LogP contribution in [0.3, 0.4) is 0 Å². The van der Waals surface area contributed by atoms with Crippen molar-refractivity contribution < 1.29 is 21.6 Å². The molecule has 0 bridgehead atoms. The smallest absolute Gasteiger partial charge is 0.232 e. The molecule has 0 atom stereocenters. The molecule has 0 radical (unpaired) electrons. The molecule has 50 valence electrons. The maximum absolute atomic E-state index is 10.9. The molecule has 0 saturated carbocycles. The normalized spacial score (nSPS) is 12.5. The van der Waals surface area contributed by atoms with E-state index in [1.54, 1.807) is 0 Å². The molecule has 0 spiro atoms. The van der Waals surface area contributed by atoms with E-state index in [2.05, 4.69) is 0 Å². The molecular weight excluding hydrogens is 145 g/mol. The van der Waals surface area contributed by atoms with Gasteiger partial charge in [-0.1, -0.05) is 0 Å². The molecule has 0 heterocycles. The van der Waals surface area contributed by atoms with Crippen molar-refractivity contribution in [3.05, 3.63) is 0 Å².